The lowest BCUT2D eigenvalue weighted by atomic mass is 9.96. The Morgan fingerprint density at radius 2 is 1.74 bits per heavy atom. The number of piperidine rings is 1. The van der Waals surface area contributed by atoms with E-state index >= 15 is 0 Å². The van der Waals surface area contributed by atoms with Crippen molar-refractivity contribution in [1.82, 2.24) is 25.1 Å². The first-order chi connectivity index (χ1) is 15.2. The zero-order valence-electron chi connectivity index (χ0n) is 18.3. The van der Waals surface area contributed by atoms with E-state index in [2.05, 4.69) is 47.1 Å². The molecule has 8 heteroatoms. The minimum atomic E-state index is 0.679. The molecule has 2 saturated heterocycles. The Morgan fingerprint density at radius 3 is 2.42 bits per heavy atom. The fraction of sp³-hybridized carbons (Fsp3) is 0.522. The lowest BCUT2D eigenvalue weighted by Crippen LogP contribution is -2.53. The molecule has 31 heavy (non-hydrogen) atoms. The van der Waals surface area contributed by atoms with Crippen molar-refractivity contribution < 1.29 is 0 Å². The van der Waals surface area contributed by atoms with Crippen LogP contribution in [0.2, 0.25) is 5.02 Å². The third kappa shape index (κ3) is 5.86. The van der Waals surface area contributed by atoms with E-state index in [0.717, 1.165) is 69.3 Å². The van der Waals surface area contributed by atoms with E-state index in [9.17, 15) is 0 Å². The molecular formula is C23H32ClN7. The van der Waals surface area contributed by atoms with Crippen LogP contribution in [0.1, 0.15) is 18.4 Å². The van der Waals surface area contributed by atoms with Crippen molar-refractivity contribution in [3.8, 4) is 0 Å². The Labute approximate surface area is 190 Å². The van der Waals surface area contributed by atoms with Gasteiger partial charge in [0.05, 0.1) is 0 Å². The summed E-state index contributed by atoms with van der Waals surface area (Å²) in [5.41, 5.74) is 1.22. The molecule has 1 N–H and O–H groups in total. The van der Waals surface area contributed by atoms with Gasteiger partial charge in [0.2, 0.25) is 5.95 Å². The zero-order valence-corrected chi connectivity index (χ0v) is 19.0. The van der Waals surface area contributed by atoms with Crippen molar-refractivity contribution in [3.63, 3.8) is 0 Å². The van der Waals surface area contributed by atoms with Gasteiger partial charge in [-0.3, -0.25) is 9.89 Å². The molecule has 7 nitrogen and oxygen atoms in total. The zero-order chi connectivity index (χ0) is 21.5. The number of likely N-dealkylation sites (tertiary alicyclic amines) is 1. The third-order valence-corrected chi connectivity index (χ3v) is 6.60. The Morgan fingerprint density at radius 1 is 1.03 bits per heavy atom. The Balaban J connectivity index is 1.19. The van der Waals surface area contributed by atoms with E-state index < -0.39 is 0 Å². The number of nitrogens with zero attached hydrogens (tertiary/aromatic N) is 6. The van der Waals surface area contributed by atoms with Crippen LogP contribution in [0.5, 0.6) is 0 Å². The molecular weight excluding hydrogens is 410 g/mol. The number of aromatic nitrogens is 2. The molecule has 0 unspecified atom stereocenters. The first-order valence-electron chi connectivity index (χ1n) is 11.2. The van der Waals surface area contributed by atoms with E-state index in [4.69, 9.17) is 11.6 Å². The van der Waals surface area contributed by atoms with Gasteiger partial charge in [0.25, 0.3) is 0 Å². The van der Waals surface area contributed by atoms with Crippen LogP contribution in [0, 0.1) is 5.92 Å². The first kappa shape index (κ1) is 21.8. The fourth-order valence-corrected chi connectivity index (χ4v) is 4.55. The number of nitrogens with one attached hydrogen (secondary N) is 1. The Hall–Kier alpha value is -2.38. The standard InChI is InChI=1S/C23H32ClN7/c1-25-22(30-13-15-31(16-14-30)23-26-9-4-10-27-23)28-17-19-7-11-29(12-8-19)18-20-5-2-3-6-21(20)24/h2-6,9-10,19H,7-8,11-18H2,1H3,(H,25,28). The molecule has 2 aliphatic heterocycles. The minimum Gasteiger partial charge on any atom is -0.356 e. The van der Waals surface area contributed by atoms with Crippen molar-refractivity contribution in [2.75, 3.05) is 57.8 Å². The van der Waals surface area contributed by atoms with Gasteiger partial charge in [-0.15, -0.1) is 0 Å². The molecule has 0 atom stereocenters. The molecule has 2 aliphatic rings. The van der Waals surface area contributed by atoms with Gasteiger partial charge < -0.3 is 15.1 Å². The van der Waals surface area contributed by atoms with Crippen LogP contribution in [-0.2, 0) is 6.54 Å². The summed E-state index contributed by atoms with van der Waals surface area (Å²) in [6.07, 6.45) is 6.00. The molecule has 0 saturated carbocycles. The normalized spacial score (nSPS) is 19.0. The average molecular weight is 442 g/mol. The summed E-state index contributed by atoms with van der Waals surface area (Å²) in [4.78, 5) is 20.3. The number of rotatable bonds is 5. The van der Waals surface area contributed by atoms with Crippen LogP contribution in [-0.4, -0.2) is 78.6 Å². The number of piperazine rings is 1. The van der Waals surface area contributed by atoms with Crippen molar-refractivity contribution in [1.29, 1.82) is 0 Å². The number of benzene rings is 1. The lowest BCUT2D eigenvalue weighted by Gasteiger charge is -2.37. The molecule has 0 bridgehead atoms. The maximum Gasteiger partial charge on any atom is 0.225 e. The smallest absolute Gasteiger partial charge is 0.225 e. The van der Waals surface area contributed by atoms with Crippen LogP contribution in [0.3, 0.4) is 0 Å². The van der Waals surface area contributed by atoms with Crippen LogP contribution >= 0.6 is 11.6 Å². The predicted octanol–water partition coefficient (Wildman–Crippen LogP) is 2.74. The molecule has 0 radical (unpaired) electrons. The van der Waals surface area contributed by atoms with Crippen LogP contribution in [0.25, 0.3) is 0 Å². The average Bonchev–Trinajstić information content (AvgIpc) is 2.83. The van der Waals surface area contributed by atoms with Gasteiger partial charge in [-0.05, 0) is 49.5 Å². The van der Waals surface area contributed by atoms with E-state index in [1.54, 1.807) is 12.4 Å². The number of aliphatic imine (C=N–C) groups is 1. The summed E-state index contributed by atoms with van der Waals surface area (Å²) in [5, 5.41) is 4.49. The summed E-state index contributed by atoms with van der Waals surface area (Å²) < 4.78 is 0. The summed E-state index contributed by atoms with van der Waals surface area (Å²) in [6, 6.07) is 10.0. The Bertz CT molecular complexity index is 844. The van der Waals surface area contributed by atoms with Gasteiger partial charge in [0, 0.05) is 63.7 Å². The molecule has 3 heterocycles. The van der Waals surface area contributed by atoms with Gasteiger partial charge in [-0.25, -0.2) is 9.97 Å². The first-order valence-corrected chi connectivity index (χ1v) is 11.5. The summed E-state index contributed by atoms with van der Waals surface area (Å²) in [7, 11) is 1.88. The van der Waals surface area contributed by atoms with Gasteiger partial charge in [0.15, 0.2) is 5.96 Å². The van der Waals surface area contributed by atoms with E-state index in [1.807, 2.05) is 25.2 Å². The lowest BCUT2D eigenvalue weighted by molar-refractivity contribution is 0.177. The molecule has 0 aliphatic carbocycles. The second kappa shape index (κ2) is 10.8. The topological polar surface area (TPSA) is 59.9 Å². The highest BCUT2D eigenvalue weighted by molar-refractivity contribution is 6.31. The maximum absolute atomic E-state index is 6.33. The highest BCUT2D eigenvalue weighted by atomic mass is 35.5. The van der Waals surface area contributed by atoms with Gasteiger partial charge in [-0.1, -0.05) is 29.8 Å². The van der Waals surface area contributed by atoms with Crippen molar-refractivity contribution in [2.24, 2.45) is 10.9 Å². The largest absolute Gasteiger partial charge is 0.356 e. The number of hydrogen-bond acceptors (Lipinski definition) is 5. The molecule has 2 fully saturated rings. The number of hydrogen-bond donors (Lipinski definition) is 1. The minimum absolute atomic E-state index is 0.679. The molecule has 2 aromatic rings. The van der Waals surface area contributed by atoms with Gasteiger partial charge in [-0.2, -0.15) is 0 Å². The molecule has 0 amide bonds. The summed E-state index contributed by atoms with van der Waals surface area (Å²) in [6.45, 7) is 7.82. The maximum atomic E-state index is 6.33. The summed E-state index contributed by atoms with van der Waals surface area (Å²) in [5.74, 6) is 2.50. The second-order valence-electron chi connectivity index (χ2n) is 8.26. The van der Waals surface area contributed by atoms with Crippen molar-refractivity contribution >= 4 is 23.5 Å². The number of anilines is 1. The number of guanidine groups is 1. The van der Waals surface area contributed by atoms with Gasteiger partial charge in [0.1, 0.15) is 0 Å². The third-order valence-electron chi connectivity index (χ3n) is 6.23. The SMILES string of the molecule is CN=C(NCC1CCN(Cc2ccccc2Cl)CC1)N1CCN(c2ncccn2)CC1. The fourth-order valence-electron chi connectivity index (χ4n) is 4.36. The molecule has 166 valence electrons. The van der Waals surface area contributed by atoms with Crippen molar-refractivity contribution in [2.45, 2.75) is 19.4 Å². The Kier molecular flexibility index (Phi) is 7.59. The van der Waals surface area contributed by atoms with Crippen LogP contribution < -0.4 is 10.2 Å². The van der Waals surface area contributed by atoms with Gasteiger partial charge >= 0.3 is 0 Å². The van der Waals surface area contributed by atoms with E-state index in [1.165, 1.54) is 18.4 Å². The molecule has 4 rings (SSSR count). The van der Waals surface area contributed by atoms with Crippen LogP contribution in [0.15, 0.2) is 47.7 Å². The number of halogens is 1. The van der Waals surface area contributed by atoms with E-state index in [-0.39, 0.29) is 0 Å². The molecule has 0 spiro atoms. The van der Waals surface area contributed by atoms with E-state index in [0.29, 0.717) is 5.92 Å². The second-order valence-corrected chi connectivity index (χ2v) is 8.67. The monoisotopic (exact) mass is 441 g/mol. The molecule has 1 aromatic carbocycles. The summed E-state index contributed by atoms with van der Waals surface area (Å²) >= 11 is 6.33. The highest BCUT2D eigenvalue weighted by Gasteiger charge is 2.23. The van der Waals surface area contributed by atoms with Crippen molar-refractivity contribution in [3.05, 3.63) is 53.3 Å². The van der Waals surface area contributed by atoms with Crippen LogP contribution in [0.4, 0.5) is 5.95 Å². The quantitative estimate of drug-likeness (QED) is 0.568. The molecule has 1 aromatic heterocycles. The predicted molar refractivity (Wildman–Crippen MR) is 127 cm³/mol. The highest BCUT2D eigenvalue weighted by Crippen LogP contribution is 2.22.